The Morgan fingerprint density at radius 3 is 2.25 bits per heavy atom. The van der Waals surface area contributed by atoms with Crippen molar-refractivity contribution in [3.05, 3.63) is 46.0 Å². The van der Waals surface area contributed by atoms with Gasteiger partial charge in [-0.05, 0) is 74.7 Å². The van der Waals surface area contributed by atoms with Crippen LogP contribution in [0.15, 0.2) is 17.5 Å². The number of anilines is 1. The maximum Gasteiger partial charge on any atom is 0.183 e. The van der Waals surface area contributed by atoms with Gasteiger partial charge in [0.15, 0.2) is 16.8 Å². The maximum atomic E-state index is 14.1. The van der Waals surface area contributed by atoms with Gasteiger partial charge in [-0.15, -0.1) is 11.3 Å². The van der Waals surface area contributed by atoms with Gasteiger partial charge in [0.05, 0.1) is 12.3 Å². The van der Waals surface area contributed by atoms with Crippen LogP contribution in [0.3, 0.4) is 0 Å². The first-order chi connectivity index (χ1) is 13.5. The molecule has 1 heterocycles. The Hall–Kier alpha value is -1.53. The molecule has 4 fully saturated rings. The molecular formula is C22H26F2N2OS. The monoisotopic (exact) mass is 404 g/mol. The van der Waals surface area contributed by atoms with Gasteiger partial charge in [-0.3, -0.25) is 0 Å². The number of aliphatic hydroxyl groups is 1. The smallest absolute Gasteiger partial charge is 0.183 e. The molecule has 1 aromatic carbocycles. The van der Waals surface area contributed by atoms with Crippen LogP contribution in [-0.2, 0) is 19.4 Å². The molecule has 4 aliphatic carbocycles. The summed E-state index contributed by atoms with van der Waals surface area (Å²) in [5.74, 6) is 0.866. The Morgan fingerprint density at radius 1 is 1.00 bits per heavy atom. The molecule has 1 aromatic heterocycles. The molecule has 4 aliphatic rings. The van der Waals surface area contributed by atoms with Gasteiger partial charge >= 0.3 is 0 Å². The van der Waals surface area contributed by atoms with Gasteiger partial charge in [-0.1, -0.05) is 12.1 Å². The quantitative estimate of drug-likeness (QED) is 0.706. The van der Waals surface area contributed by atoms with Gasteiger partial charge in [0, 0.05) is 16.5 Å². The van der Waals surface area contributed by atoms with Crippen LogP contribution in [0.1, 0.15) is 55.3 Å². The lowest BCUT2D eigenvalue weighted by Crippen LogP contribution is -2.54. The topological polar surface area (TPSA) is 45.1 Å². The van der Waals surface area contributed by atoms with Crippen LogP contribution in [-0.4, -0.2) is 15.6 Å². The number of benzene rings is 1. The number of aryl methyl sites for hydroxylation is 2. The molecule has 0 unspecified atom stereocenters. The minimum atomic E-state index is -0.942. The zero-order valence-corrected chi connectivity index (χ0v) is 16.7. The molecule has 0 radical (unpaired) electrons. The van der Waals surface area contributed by atoms with Crippen molar-refractivity contribution in [3.63, 3.8) is 0 Å². The summed E-state index contributed by atoms with van der Waals surface area (Å²) in [4.78, 5) is 4.74. The predicted molar refractivity (Wildman–Crippen MR) is 106 cm³/mol. The normalized spacial score (nSPS) is 30.8. The van der Waals surface area contributed by atoms with Gasteiger partial charge in [0.25, 0.3) is 0 Å². The lowest BCUT2D eigenvalue weighted by atomic mass is 9.53. The van der Waals surface area contributed by atoms with Gasteiger partial charge in [-0.25, -0.2) is 13.8 Å². The molecule has 0 spiro atoms. The molecule has 3 nitrogen and oxygen atoms in total. The third kappa shape index (κ3) is 3.35. The van der Waals surface area contributed by atoms with E-state index in [0.29, 0.717) is 18.4 Å². The van der Waals surface area contributed by atoms with Crippen molar-refractivity contribution in [2.45, 2.75) is 63.5 Å². The number of halogens is 2. The average molecular weight is 405 g/mol. The van der Waals surface area contributed by atoms with E-state index in [0.717, 1.165) is 28.6 Å². The lowest BCUT2D eigenvalue weighted by molar-refractivity contribution is 0.0107. The van der Waals surface area contributed by atoms with Crippen LogP contribution in [0.25, 0.3) is 0 Å². The number of hydrogen-bond acceptors (Lipinski definition) is 4. The summed E-state index contributed by atoms with van der Waals surface area (Å²) >= 11 is 1.62. The van der Waals surface area contributed by atoms with Crippen molar-refractivity contribution in [2.75, 3.05) is 5.32 Å². The van der Waals surface area contributed by atoms with E-state index in [2.05, 4.69) is 5.32 Å². The fourth-order valence-electron chi connectivity index (χ4n) is 6.18. The fraction of sp³-hybridized carbons (Fsp3) is 0.591. The summed E-state index contributed by atoms with van der Waals surface area (Å²) in [6, 6.07) is 3.01. The molecule has 150 valence electrons. The number of aromatic nitrogens is 1. The Labute approximate surface area is 168 Å². The third-order valence-corrected chi connectivity index (χ3v) is 7.83. The number of hydrogen-bond donors (Lipinski definition) is 2. The number of thiazole rings is 1. The fourth-order valence-corrected chi connectivity index (χ4v) is 7.04. The van der Waals surface area contributed by atoms with Crippen molar-refractivity contribution in [3.8, 4) is 0 Å². The summed E-state index contributed by atoms with van der Waals surface area (Å²) in [7, 11) is 0. The van der Waals surface area contributed by atoms with Crippen LogP contribution in [0, 0.1) is 29.4 Å². The van der Waals surface area contributed by atoms with Crippen LogP contribution in [0.4, 0.5) is 13.9 Å². The third-order valence-electron chi connectivity index (χ3n) is 7.03. The highest BCUT2D eigenvalue weighted by molar-refractivity contribution is 7.13. The Morgan fingerprint density at radius 2 is 1.61 bits per heavy atom. The van der Waals surface area contributed by atoms with E-state index in [4.69, 9.17) is 10.1 Å². The van der Waals surface area contributed by atoms with E-state index < -0.39 is 18.2 Å². The van der Waals surface area contributed by atoms with E-state index in [-0.39, 0.29) is 11.1 Å². The van der Waals surface area contributed by atoms with E-state index >= 15 is 0 Å². The molecule has 4 saturated carbocycles. The second-order valence-corrected chi connectivity index (χ2v) is 9.99. The molecule has 0 atom stereocenters. The van der Waals surface area contributed by atoms with Gasteiger partial charge in [0.1, 0.15) is 0 Å². The zero-order chi connectivity index (χ0) is 19.3. The Bertz CT molecular complexity index is 846. The van der Waals surface area contributed by atoms with Gasteiger partial charge < -0.3 is 10.4 Å². The molecular weight excluding hydrogens is 378 g/mol. The number of aliphatic hydroxyl groups excluding tert-OH is 1. The molecule has 28 heavy (non-hydrogen) atoms. The van der Waals surface area contributed by atoms with E-state index in [1.807, 2.05) is 5.38 Å². The molecule has 2 aromatic rings. The molecule has 0 saturated heterocycles. The number of nitrogens with one attached hydrogen (secondary N) is 1. The SMILES string of the molecule is OCc1ccc(CCc2csc(NC34CC5CC(CC(C5)C3)C4)n2)c(F)c1F. The predicted octanol–water partition coefficient (Wildman–Crippen LogP) is 5.08. The van der Waals surface area contributed by atoms with Crippen molar-refractivity contribution in [1.29, 1.82) is 0 Å². The summed E-state index contributed by atoms with van der Waals surface area (Å²) in [6.07, 6.45) is 9.05. The van der Waals surface area contributed by atoms with Crippen molar-refractivity contribution in [1.82, 2.24) is 4.98 Å². The molecule has 2 N–H and O–H groups in total. The number of nitrogens with zero attached hydrogens (tertiary/aromatic N) is 1. The highest BCUT2D eigenvalue weighted by atomic mass is 32.1. The first kappa shape index (κ1) is 18.5. The Balaban J connectivity index is 1.24. The van der Waals surface area contributed by atoms with Crippen molar-refractivity contribution < 1.29 is 13.9 Å². The van der Waals surface area contributed by atoms with Crippen LogP contribution in [0.2, 0.25) is 0 Å². The van der Waals surface area contributed by atoms with E-state index in [1.165, 1.54) is 44.6 Å². The summed E-state index contributed by atoms with van der Waals surface area (Å²) in [6.45, 7) is -0.492. The largest absolute Gasteiger partial charge is 0.392 e. The highest BCUT2D eigenvalue weighted by Gasteiger charge is 2.51. The van der Waals surface area contributed by atoms with Crippen LogP contribution in [0.5, 0.6) is 0 Å². The standard InChI is InChI=1S/C22H26F2N2OS/c23-19-16(1-2-17(11-27)20(19)24)3-4-18-12-28-21(25-18)26-22-8-13-5-14(9-22)7-15(6-13)10-22/h1-2,12-15,27H,3-11H2,(H,25,26). The van der Waals surface area contributed by atoms with Crippen molar-refractivity contribution >= 4 is 16.5 Å². The second kappa shape index (κ2) is 7.06. The van der Waals surface area contributed by atoms with Crippen LogP contribution >= 0.6 is 11.3 Å². The minimum Gasteiger partial charge on any atom is -0.392 e. The molecule has 6 heteroatoms. The van der Waals surface area contributed by atoms with E-state index in [1.54, 1.807) is 17.4 Å². The first-order valence-corrected chi connectivity index (χ1v) is 11.2. The van der Waals surface area contributed by atoms with Gasteiger partial charge in [-0.2, -0.15) is 0 Å². The molecule has 4 bridgehead atoms. The van der Waals surface area contributed by atoms with E-state index in [9.17, 15) is 8.78 Å². The summed E-state index contributed by atoms with van der Waals surface area (Å²) < 4.78 is 28.0. The summed E-state index contributed by atoms with van der Waals surface area (Å²) in [5, 5.41) is 15.8. The van der Waals surface area contributed by atoms with Crippen molar-refractivity contribution in [2.24, 2.45) is 17.8 Å². The van der Waals surface area contributed by atoms with Gasteiger partial charge in [0.2, 0.25) is 0 Å². The molecule has 0 aliphatic heterocycles. The molecule has 0 amide bonds. The zero-order valence-electron chi connectivity index (χ0n) is 15.9. The minimum absolute atomic E-state index is 0.00281. The average Bonchev–Trinajstić information content (AvgIpc) is 3.08. The molecule has 6 rings (SSSR count). The highest BCUT2D eigenvalue weighted by Crippen LogP contribution is 2.56. The number of rotatable bonds is 6. The Kier molecular flexibility index (Phi) is 4.67. The maximum absolute atomic E-state index is 14.1. The summed E-state index contributed by atoms with van der Waals surface area (Å²) in [5.41, 5.74) is 1.48. The lowest BCUT2D eigenvalue weighted by Gasteiger charge is -2.56. The second-order valence-electron chi connectivity index (χ2n) is 9.14. The first-order valence-electron chi connectivity index (χ1n) is 10.3. The van der Waals surface area contributed by atoms with Crippen LogP contribution < -0.4 is 5.32 Å².